The molecule has 3 aromatic rings. The third kappa shape index (κ3) is 3.22. The van der Waals surface area contributed by atoms with Crippen molar-refractivity contribution >= 4 is 33.6 Å². The number of hydrogen-bond acceptors (Lipinski definition) is 5. The number of carbonyl (C=O) groups is 1. The molecule has 0 radical (unpaired) electrons. The molecular weight excluding hydrogens is 354 g/mol. The van der Waals surface area contributed by atoms with Crippen LogP contribution in [-0.4, -0.2) is 11.3 Å². The Morgan fingerprint density at radius 2 is 2.29 bits per heavy atom. The van der Waals surface area contributed by atoms with E-state index in [9.17, 15) is 4.79 Å². The second-order valence-electron chi connectivity index (χ2n) is 4.21. The molecule has 6 heteroatoms. The van der Waals surface area contributed by atoms with Crippen LogP contribution in [0.1, 0.15) is 16.1 Å². The number of aldehydes is 1. The Morgan fingerprint density at radius 1 is 1.38 bits per heavy atom. The highest BCUT2D eigenvalue weighted by Crippen LogP contribution is 2.25. The Labute approximate surface area is 133 Å². The Kier molecular flexibility index (Phi) is 4.17. The highest BCUT2D eigenvalue weighted by atomic mass is 79.9. The fourth-order valence-corrected chi connectivity index (χ4v) is 2.82. The highest BCUT2D eigenvalue weighted by molar-refractivity contribution is 9.10. The van der Waals surface area contributed by atoms with Crippen molar-refractivity contribution in [3.63, 3.8) is 0 Å². The summed E-state index contributed by atoms with van der Waals surface area (Å²) in [5, 5.41) is 1.97. The zero-order chi connectivity index (χ0) is 14.7. The van der Waals surface area contributed by atoms with Gasteiger partial charge in [0.05, 0.1) is 10.4 Å². The van der Waals surface area contributed by atoms with E-state index in [1.807, 2.05) is 23.6 Å². The van der Waals surface area contributed by atoms with Gasteiger partial charge in [0.1, 0.15) is 24.3 Å². The summed E-state index contributed by atoms with van der Waals surface area (Å²) in [5.41, 5.74) is 1.17. The second kappa shape index (κ2) is 6.24. The lowest BCUT2D eigenvalue weighted by molar-refractivity contribution is 0.111. The topological polar surface area (TPSA) is 52.3 Å². The lowest BCUT2D eigenvalue weighted by Gasteiger charge is -2.06. The quantitative estimate of drug-likeness (QED) is 0.623. The lowest BCUT2D eigenvalue weighted by atomic mass is 10.2. The maximum absolute atomic E-state index is 11.0. The fourth-order valence-electron chi connectivity index (χ4n) is 1.78. The molecular formula is C15H10BrNO3S. The number of nitrogens with zero attached hydrogens (tertiary/aromatic N) is 1. The fraction of sp³-hybridized carbons (Fsp3) is 0.0667. The minimum absolute atomic E-state index is 0.247. The molecule has 2 aromatic heterocycles. The van der Waals surface area contributed by atoms with E-state index in [1.54, 1.807) is 29.7 Å². The maximum atomic E-state index is 11.0. The molecule has 0 amide bonds. The van der Waals surface area contributed by atoms with Crippen LogP contribution in [-0.2, 0) is 6.61 Å². The molecule has 0 saturated heterocycles. The largest absolute Gasteiger partial charge is 0.486 e. The molecule has 0 atom stereocenters. The van der Waals surface area contributed by atoms with Gasteiger partial charge in [-0.15, -0.1) is 11.3 Å². The van der Waals surface area contributed by atoms with Crippen LogP contribution in [0.5, 0.6) is 5.75 Å². The summed E-state index contributed by atoms with van der Waals surface area (Å²) in [5.74, 6) is 1.10. The van der Waals surface area contributed by atoms with E-state index >= 15 is 0 Å². The Hall–Kier alpha value is -1.92. The molecule has 1 aromatic carbocycles. The van der Waals surface area contributed by atoms with Crippen LogP contribution in [0.2, 0.25) is 0 Å². The van der Waals surface area contributed by atoms with Crippen LogP contribution >= 0.6 is 27.3 Å². The van der Waals surface area contributed by atoms with Crippen LogP contribution in [0.15, 0.2) is 50.9 Å². The predicted octanol–water partition coefficient (Wildman–Crippen LogP) is 4.56. The van der Waals surface area contributed by atoms with E-state index in [2.05, 4.69) is 20.9 Å². The van der Waals surface area contributed by atoms with Crippen molar-refractivity contribution in [2.24, 2.45) is 0 Å². The molecule has 0 unspecified atom stereocenters. The third-order valence-electron chi connectivity index (χ3n) is 2.76. The SMILES string of the molecule is O=Cc1cc(Br)ccc1OCc1coc(-c2cccs2)n1. The van der Waals surface area contributed by atoms with Gasteiger partial charge in [-0.25, -0.2) is 4.98 Å². The Bertz CT molecular complexity index is 752. The number of halogens is 1. The van der Waals surface area contributed by atoms with Gasteiger partial charge in [-0.2, -0.15) is 0 Å². The molecule has 3 rings (SSSR count). The predicted molar refractivity (Wildman–Crippen MR) is 83.7 cm³/mol. The molecule has 0 aliphatic heterocycles. The first kappa shape index (κ1) is 14.0. The third-order valence-corrected chi connectivity index (χ3v) is 4.11. The van der Waals surface area contributed by atoms with E-state index in [4.69, 9.17) is 9.15 Å². The molecule has 4 nitrogen and oxygen atoms in total. The Morgan fingerprint density at radius 3 is 3.05 bits per heavy atom. The first-order chi connectivity index (χ1) is 10.3. The van der Waals surface area contributed by atoms with Crippen LogP contribution in [0.3, 0.4) is 0 Å². The molecule has 0 N–H and O–H groups in total. The second-order valence-corrected chi connectivity index (χ2v) is 6.07. The van der Waals surface area contributed by atoms with Crippen molar-refractivity contribution in [1.29, 1.82) is 0 Å². The summed E-state index contributed by atoms with van der Waals surface area (Å²) in [6, 6.07) is 9.16. The summed E-state index contributed by atoms with van der Waals surface area (Å²) in [6.07, 6.45) is 2.33. The van der Waals surface area contributed by atoms with Crippen LogP contribution < -0.4 is 4.74 Å². The molecule has 0 bridgehead atoms. The molecule has 2 heterocycles. The average molecular weight is 364 g/mol. The zero-order valence-corrected chi connectivity index (χ0v) is 13.2. The van der Waals surface area contributed by atoms with Gasteiger partial charge < -0.3 is 9.15 Å². The Balaban J connectivity index is 1.72. The van der Waals surface area contributed by atoms with E-state index in [-0.39, 0.29) is 6.61 Å². The number of hydrogen-bond donors (Lipinski definition) is 0. The van der Waals surface area contributed by atoms with Gasteiger partial charge in [0, 0.05) is 4.47 Å². The number of thiophene rings is 1. The first-order valence-corrected chi connectivity index (χ1v) is 7.79. The molecule has 0 spiro atoms. The zero-order valence-electron chi connectivity index (χ0n) is 10.8. The van der Waals surface area contributed by atoms with Crippen molar-refractivity contribution in [3.05, 3.63) is 57.7 Å². The van der Waals surface area contributed by atoms with E-state index in [0.717, 1.165) is 15.6 Å². The van der Waals surface area contributed by atoms with Gasteiger partial charge in [-0.05, 0) is 29.6 Å². The number of ether oxygens (including phenoxy) is 1. The molecule has 0 aliphatic carbocycles. The van der Waals surface area contributed by atoms with Crippen molar-refractivity contribution < 1.29 is 13.9 Å². The smallest absolute Gasteiger partial charge is 0.236 e. The first-order valence-electron chi connectivity index (χ1n) is 6.12. The molecule has 0 saturated carbocycles. The minimum atomic E-state index is 0.247. The number of carbonyl (C=O) groups excluding carboxylic acids is 1. The number of oxazole rings is 1. The summed E-state index contributed by atoms with van der Waals surface area (Å²) in [6.45, 7) is 0.247. The monoisotopic (exact) mass is 363 g/mol. The number of rotatable bonds is 5. The van der Waals surface area contributed by atoms with Gasteiger partial charge in [-0.1, -0.05) is 22.0 Å². The van der Waals surface area contributed by atoms with Crippen LogP contribution in [0, 0.1) is 0 Å². The van der Waals surface area contributed by atoms with E-state index < -0.39 is 0 Å². The van der Waals surface area contributed by atoms with Crippen molar-refractivity contribution in [2.45, 2.75) is 6.61 Å². The average Bonchev–Trinajstić information content (AvgIpc) is 3.16. The van der Waals surface area contributed by atoms with Crippen molar-refractivity contribution in [1.82, 2.24) is 4.98 Å². The van der Waals surface area contributed by atoms with Gasteiger partial charge in [0.25, 0.3) is 0 Å². The standard InChI is InChI=1S/C15H10BrNO3S/c16-11-3-4-13(10(6-11)7-18)19-8-12-9-20-15(17-12)14-2-1-5-21-14/h1-7,9H,8H2. The normalized spacial score (nSPS) is 10.5. The summed E-state index contributed by atoms with van der Waals surface area (Å²) in [7, 11) is 0. The maximum Gasteiger partial charge on any atom is 0.236 e. The van der Waals surface area contributed by atoms with Gasteiger partial charge in [-0.3, -0.25) is 4.79 Å². The lowest BCUT2D eigenvalue weighted by Crippen LogP contribution is -1.98. The molecule has 0 aliphatic rings. The van der Waals surface area contributed by atoms with Crippen LogP contribution in [0.4, 0.5) is 0 Å². The molecule has 21 heavy (non-hydrogen) atoms. The summed E-state index contributed by atoms with van der Waals surface area (Å²) < 4.78 is 11.9. The van der Waals surface area contributed by atoms with Crippen molar-refractivity contribution in [2.75, 3.05) is 0 Å². The van der Waals surface area contributed by atoms with Crippen LogP contribution in [0.25, 0.3) is 10.8 Å². The van der Waals surface area contributed by atoms with E-state index in [0.29, 0.717) is 22.9 Å². The summed E-state index contributed by atoms with van der Waals surface area (Å²) >= 11 is 4.88. The van der Waals surface area contributed by atoms with Gasteiger partial charge >= 0.3 is 0 Å². The van der Waals surface area contributed by atoms with E-state index in [1.165, 1.54) is 0 Å². The van der Waals surface area contributed by atoms with Gasteiger partial charge in [0.15, 0.2) is 6.29 Å². The molecule has 106 valence electrons. The minimum Gasteiger partial charge on any atom is -0.486 e. The van der Waals surface area contributed by atoms with Crippen molar-refractivity contribution in [3.8, 4) is 16.5 Å². The summed E-state index contributed by atoms with van der Waals surface area (Å²) in [4.78, 5) is 16.3. The van der Waals surface area contributed by atoms with Gasteiger partial charge in [0.2, 0.25) is 5.89 Å². The highest BCUT2D eigenvalue weighted by Gasteiger charge is 2.09. The molecule has 0 fully saturated rings. The number of benzene rings is 1. The number of aromatic nitrogens is 1.